The van der Waals surface area contributed by atoms with Crippen LogP contribution >= 0.6 is 11.6 Å². The number of carbonyl (C=O) groups excluding carboxylic acids is 2. The van der Waals surface area contributed by atoms with E-state index in [-0.39, 0.29) is 6.42 Å². The van der Waals surface area contributed by atoms with Crippen LogP contribution in [-0.2, 0) is 14.6 Å². The van der Waals surface area contributed by atoms with Gasteiger partial charge in [0.2, 0.25) is 10.8 Å². The van der Waals surface area contributed by atoms with Gasteiger partial charge in [-0.1, -0.05) is 61.7 Å². The minimum absolute atomic E-state index is 0.250. The van der Waals surface area contributed by atoms with E-state index in [0.29, 0.717) is 5.56 Å². The first-order valence-electron chi connectivity index (χ1n) is 6.64. The number of halogens is 1. The van der Waals surface area contributed by atoms with Gasteiger partial charge in [0.05, 0.1) is 0 Å². The van der Waals surface area contributed by atoms with Crippen LogP contribution in [0, 0.1) is 0 Å². The maximum Gasteiger partial charge on any atom is 0.342 e. The molecule has 0 saturated heterocycles. The van der Waals surface area contributed by atoms with Crippen molar-refractivity contribution in [3.8, 4) is 0 Å². The normalized spacial score (nSPS) is 13.6. The number of carbonyl (C=O) groups is 2. The Kier molecular flexibility index (Phi) is 6.68. The van der Waals surface area contributed by atoms with Gasteiger partial charge in [-0.15, -0.1) is 0 Å². The molecule has 0 aliphatic heterocycles. The summed E-state index contributed by atoms with van der Waals surface area (Å²) in [6.07, 6.45) is 2.93. The van der Waals surface area contributed by atoms with Crippen molar-refractivity contribution in [2.75, 3.05) is 0 Å². The summed E-state index contributed by atoms with van der Waals surface area (Å²) in [5, 5.41) is -1.72. The third-order valence-electron chi connectivity index (χ3n) is 2.72. The molecule has 1 rings (SSSR count). The standard InChI is InChI=1S/C15H19ClO4/c1-3-4-6-11-13(17)19-20-15(2,16)14(18)12-9-7-5-8-10-12/h5,7-10H,3-4,6,11H2,1-2H3. The molecule has 0 amide bonds. The van der Waals surface area contributed by atoms with Crippen LogP contribution in [0.2, 0.25) is 0 Å². The molecule has 1 aromatic carbocycles. The van der Waals surface area contributed by atoms with Crippen LogP contribution in [0.15, 0.2) is 30.3 Å². The highest BCUT2D eigenvalue weighted by Crippen LogP contribution is 2.23. The molecule has 0 aliphatic rings. The van der Waals surface area contributed by atoms with Gasteiger partial charge in [0.1, 0.15) is 0 Å². The second-order valence-electron chi connectivity index (χ2n) is 4.61. The van der Waals surface area contributed by atoms with E-state index in [1.807, 2.05) is 6.92 Å². The molecule has 1 aromatic rings. The van der Waals surface area contributed by atoms with E-state index in [2.05, 4.69) is 4.89 Å². The zero-order chi connectivity index (χ0) is 15.0. The Morgan fingerprint density at radius 3 is 2.45 bits per heavy atom. The van der Waals surface area contributed by atoms with Crippen molar-refractivity contribution in [3.05, 3.63) is 35.9 Å². The molecule has 0 N–H and O–H groups in total. The Bertz CT molecular complexity index is 442. The Morgan fingerprint density at radius 1 is 1.20 bits per heavy atom. The van der Waals surface area contributed by atoms with Gasteiger partial charge in [0, 0.05) is 12.0 Å². The summed E-state index contributed by atoms with van der Waals surface area (Å²) < 4.78 is 0. The van der Waals surface area contributed by atoms with Gasteiger partial charge in [0.25, 0.3) is 0 Å². The summed E-state index contributed by atoms with van der Waals surface area (Å²) in [5.41, 5.74) is 0.395. The largest absolute Gasteiger partial charge is 0.342 e. The molecule has 0 fully saturated rings. The first-order chi connectivity index (χ1) is 9.47. The van der Waals surface area contributed by atoms with Gasteiger partial charge in [-0.25, -0.2) is 4.79 Å². The fourth-order valence-corrected chi connectivity index (χ4v) is 1.71. The van der Waals surface area contributed by atoms with Crippen LogP contribution in [-0.4, -0.2) is 16.8 Å². The quantitative estimate of drug-likeness (QED) is 0.240. The van der Waals surface area contributed by atoms with Crippen molar-refractivity contribution >= 4 is 23.4 Å². The molecule has 0 radical (unpaired) electrons. The van der Waals surface area contributed by atoms with Gasteiger partial charge in [0.15, 0.2) is 0 Å². The smallest absolute Gasteiger partial charge is 0.296 e. The van der Waals surface area contributed by atoms with Crippen molar-refractivity contribution in [2.45, 2.75) is 44.6 Å². The minimum Gasteiger partial charge on any atom is -0.296 e. The van der Waals surface area contributed by atoms with Crippen LogP contribution in [0.1, 0.15) is 49.9 Å². The monoisotopic (exact) mass is 298 g/mol. The zero-order valence-corrected chi connectivity index (χ0v) is 12.5. The van der Waals surface area contributed by atoms with Crippen molar-refractivity contribution in [1.82, 2.24) is 0 Å². The van der Waals surface area contributed by atoms with Gasteiger partial charge in [-0.05, 0) is 13.3 Å². The van der Waals surface area contributed by atoms with Gasteiger partial charge < -0.3 is 0 Å². The first-order valence-corrected chi connectivity index (χ1v) is 7.02. The van der Waals surface area contributed by atoms with E-state index in [9.17, 15) is 9.59 Å². The highest BCUT2D eigenvalue weighted by Gasteiger charge is 2.35. The van der Waals surface area contributed by atoms with Crippen molar-refractivity contribution in [1.29, 1.82) is 0 Å². The summed E-state index contributed by atoms with van der Waals surface area (Å²) in [6, 6.07) is 8.47. The molecular formula is C15H19ClO4. The number of alkyl halides is 1. The fraction of sp³-hybridized carbons (Fsp3) is 0.467. The molecule has 0 aromatic heterocycles. The molecule has 4 nitrogen and oxygen atoms in total. The molecule has 1 atom stereocenters. The highest BCUT2D eigenvalue weighted by molar-refractivity contribution is 6.36. The molecule has 5 heteroatoms. The minimum atomic E-state index is -1.72. The van der Waals surface area contributed by atoms with E-state index in [0.717, 1.165) is 19.3 Å². The second kappa shape index (κ2) is 8.02. The topological polar surface area (TPSA) is 52.6 Å². The maximum atomic E-state index is 12.1. The van der Waals surface area contributed by atoms with Gasteiger partial charge in [-0.3, -0.25) is 9.68 Å². The highest BCUT2D eigenvalue weighted by atomic mass is 35.5. The van der Waals surface area contributed by atoms with E-state index >= 15 is 0 Å². The van der Waals surface area contributed by atoms with E-state index in [4.69, 9.17) is 16.5 Å². The number of ketones is 1. The predicted molar refractivity (Wildman–Crippen MR) is 76.3 cm³/mol. The molecule has 0 saturated carbocycles. The molecule has 0 aliphatic carbocycles. The number of unbranched alkanes of at least 4 members (excludes halogenated alkanes) is 2. The Hall–Kier alpha value is -1.39. The van der Waals surface area contributed by atoms with Crippen LogP contribution in [0.5, 0.6) is 0 Å². The lowest BCUT2D eigenvalue weighted by atomic mass is 10.1. The number of hydrogen-bond acceptors (Lipinski definition) is 4. The molecule has 20 heavy (non-hydrogen) atoms. The molecule has 0 spiro atoms. The summed E-state index contributed by atoms with van der Waals surface area (Å²) in [6.45, 7) is 3.39. The molecule has 0 heterocycles. The molecule has 1 unspecified atom stereocenters. The lowest BCUT2D eigenvalue weighted by molar-refractivity contribution is -0.295. The lowest BCUT2D eigenvalue weighted by Gasteiger charge is -2.18. The molecular weight excluding hydrogens is 280 g/mol. The number of benzene rings is 1. The maximum absolute atomic E-state index is 12.1. The van der Waals surface area contributed by atoms with Gasteiger partial charge >= 0.3 is 5.97 Å². The third kappa shape index (κ3) is 5.31. The van der Waals surface area contributed by atoms with Crippen molar-refractivity contribution < 1.29 is 19.4 Å². The summed E-state index contributed by atoms with van der Waals surface area (Å²) in [7, 11) is 0. The molecule has 0 bridgehead atoms. The predicted octanol–water partition coefficient (Wildman–Crippen LogP) is 3.88. The van der Waals surface area contributed by atoms with E-state index in [1.165, 1.54) is 6.92 Å². The molecule has 110 valence electrons. The average molecular weight is 299 g/mol. The fourth-order valence-electron chi connectivity index (χ4n) is 1.57. The first kappa shape index (κ1) is 16.7. The number of rotatable bonds is 8. The average Bonchev–Trinajstić information content (AvgIpc) is 2.45. The summed E-state index contributed by atoms with van der Waals surface area (Å²) in [4.78, 5) is 32.9. The number of hydrogen-bond donors (Lipinski definition) is 0. The zero-order valence-electron chi connectivity index (χ0n) is 11.7. The van der Waals surface area contributed by atoms with Crippen LogP contribution in [0.3, 0.4) is 0 Å². The Morgan fingerprint density at radius 2 is 1.85 bits per heavy atom. The van der Waals surface area contributed by atoms with Crippen LogP contribution < -0.4 is 0 Å². The van der Waals surface area contributed by atoms with Crippen LogP contribution in [0.4, 0.5) is 0 Å². The summed E-state index contributed by atoms with van der Waals surface area (Å²) >= 11 is 5.98. The SMILES string of the molecule is CCCCCC(=O)OOC(C)(Cl)C(=O)c1ccccc1. The van der Waals surface area contributed by atoms with Crippen LogP contribution in [0.25, 0.3) is 0 Å². The van der Waals surface area contributed by atoms with Gasteiger partial charge in [-0.2, -0.15) is 4.89 Å². The Labute approximate surface area is 123 Å². The Balaban J connectivity index is 2.49. The second-order valence-corrected chi connectivity index (χ2v) is 5.33. The number of Topliss-reactive ketones (excluding diaryl/α,β-unsaturated/α-hetero) is 1. The van der Waals surface area contributed by atoms with E-state index in [1.54, 1.807) is 30.3 Å². The summed E-state index contributed by atoms with van der Waals surface area (Å²) in [5.74, 6) is -0.979. The van der Waals surface area contributed by atoms with Crippen molar-refractivity contribution in [3.63, 3.8) is 0 Å². The van der Waals surface area contributed by atoms with Crippen molar-refractivity contribution in [2.24, 2.45) is 0 Å². The lowest BCUT2D eigenvalue weighted by Crippen LogP contribution is -2.33. The third-order valence-corrected chi connectivity index (χ3v) is 2.95. The van der Waals surface area contributed by atoms with E-state index < -0.39 is 16.8 Å².